The maximum atomic E-state index is 5.88. The lowest BCUT2D eigenvalue weighted by Gasteiger charge is -2.05. The second-order valence-electron chi connectivity index (χ2n) is 3.29. The number of thiazole rings is 1. The minimum absolute atomic E-state index is 0.482. The van der Waals surface area contributed by atoms with Crippen molar-refractivity contribution in [1.29, 1.82) is 0 Å². The van der Waals surface area contributed by atoms with Crippen molar-refractivity contribution in [3.8, 4) is 0 Å². The Kier molecular flexibility index (Phi) is 2.98. The average molecular weight is 240 g/mol. The summed E-state index contributed by atoms with van der Waals surface area (Å²) in [5.41, 5.74) is 3.05. The molecule has 5 heteroatoms. The molecule has 0 bridgehead atoms. The first-order valence-corrected chi connectivity index (χ1v) is 5.81. The Hall–Kier alpha value is -1.00. The van der Waals surface area contributed by atoms with Gasteiger partial charge in [0.2, 0.25) is 0 Å². The Labute approximate surface area is 97.2 Å². The number of nitrogens with zero attached hydrogens (tertiary/aromatic N) is 3. The fraction of sp³-hybridized carbons (Fsp3) is 0.300. The highest BCUT2D eigenvalue weighted by Gasteiger charge is 2.09. The second kappa shape index (κ2) is 4.24. The van der Waals surface area contributed by atoms with Gasteiger partial charge in [-0.25, -0.2) is 4.98 Å². The first-order chi connectivity index (χ1) is 7.18. The number of aromatic nitrogens is 3. The van der Waals surface area contributed by atoms with E-state index in [9.17, 15) is 0 Å². The summed E-state index contributed by atoms with van der Waals surface area (Å²) in [6.07, 6.45) is 2.53. The Bertz CT molecular complexity index is 468. The molecule has 0 saturated heterocycles. The lowest BCUT2D eigenvalue weighted by atomic mass is 10.1. The molecule has 0 aliphatic heterocycles. The molecule has 2 aromatic rings. The fourth-order valence-electron chi connectivity index (χ4n) is 1.28. The number of rotatable bonds is 2. The Morgan fingerprint density at radius 2 is 2.07 bits per heavy atom. The van der Waals surface area contributed by atoms with E-state index in [1.165, 1.54) is 0 Å². The van der Waals surface area contributed by atoms with E-state index in [0.29, 0.717) is 5.15 Å². The van der Waals surface area contributed by atoms with Gasteiger partial charge in [-0.2, -0.15) is 5.10 Å². The Balaban J connectivity index is 2.34. The lowest BCUT2D eigenvalue weighted by molar-refractivity contribution is 0.900. The Morgan fingerprint density at radius 3 is 2.73 bits per heavy atom. The smallest absolute Gasteiger partial charge is 0.154 e. The molecule has 0 radical (unpaired) electrons. The van der Waals surface area contributed by atoms with E-state index in [0.717, 1.165) is 28.2 Å². The van der Waals surface area contributed by atoms with Crippen LogP contribution in [0.15, 0.2) is 11.6 Å². The molecule has 0 aliphatic rings. The molecular formula is C10H10ClN3S. The van der Waals surface area contributed by atoms with E-state index in [4.69, 9.17) is 11.6 Å². The van der Waals surface area contributed by atoms with Crippen molar-refractivity contribution in [2.24, 2.45) is 0 Å². The van der Waals surface area contributed by atoms with Crippen molar-refractivity contribution in [2.75, 3.05) is 0 Å². The molecule has 15 heavy (non-hydrogen) atoms. The first kappa shape index (κ1) is 10.5. The molecule has 0 atom stereocenters. The van der Waals surface area contributed by atoms with Gasteiger partial charge in [-0.1, -0.05) is 11.6 Å². The van der Waals surface area contributed by atoms with Gasteiger partial charge in [0.15, 0.2) is 5.15 Å². The fourth-order valence-corrected chi connectivity index (χ4v) is 2.08. The maximum Gasteiger partial charge on any atom is 0.154 e. The molecule has 0 aliphatic carbocycles. The van der Waals surface area contributed by atoms with Gasteiger partial charge in [-0.15, -0.1) is 16.4 Å². The van der Waals surface area contributed by atoms with Gasteiger partial charge in [0.05, 0.1) is 10.7 Å². The normalized spacial score (nSPS) is 10.6. The minimum Gasteiger partial charge on any atom is -0.249 e. The minimum atomic E-state index is 0.482. The Morgan fingerprint density at radius 1 is 1.27 bits per heavy atom. The predicted octanol–water partition coefficient (Wildman–Crippen LogP) is 2.79. The van der Waals surface area contributed by atoms with Crippen molar-refractivity contribution < 1.29 is 0 Å². The van der Waals surface area contributed by atoms with Gasteiger partial charge >= 0.3 is 0 Å². The van der Waals surface area contributed by atoms with E-state index in [1.54, 1.807) is 17.5 Å². The summed E-state index contributed by atoms with van der Waals surface area (Å²) in [6, 6.07) is 0. The van der Waals surface area contributed by atoms with Gasteiger partial charge in [0, 0.05) is 18.0 Å². The predicted molar refractivity (Wildman–Crippen MR) is 61.4 cm³/mol. The highest BCUT2D eigenvalue weighted by Crippen LogP contribution is 2.19. The van der Waals surface area contributed by atoms with Crippen LogP contribution in [0.3, 0.4) is 0 Å². The molecule has 0 unspecified atom stereocenters. The molecule has 2 rings (SSSR count). The molecule has 78 valence electrons. The molecule has 2 aromatic heterocycles. The van der Waals surface area contributed by atoms with Crippen LogP contribution in [0.1, 0.15) is 21.8 Å². The van der Waals surface area contributed by atoms with Crippen LogP contribution in [-0.4, -0.2) is 15.2 Å². The largest absolute Gasteiger partial charge is 0.249 e. The number of hydrogen-bond acceptors (Lipinski definition) is 4. The standard InChI is InChI=1S/C10H10ClN3S/c1-6-7(2)10(11)14-13-8(6)5-9-12-3-4-15-9/h3-4H,5H2,1-2H3. The molecule has 0 aromatic carbocycles. The third kappa shape index (κ3) is 2.16. The van der Waals surface area contributed by atoms with Crippen LogP contribution in [0.4, 0.5) is 0 Å². The zero-order valence-corrected chi connectivity index (χ0v) is 10.1. The lowest BCUT2D eigenvalue weighted by Crippen LogP contribution is -2.01. The average Bonchev–Trinajstić information content (AvgIpc) is 2.72. The molecule has 3 nitrogen and oxygen atoms in total. The van der Waals surface area contributed by atoms with Gasteiger partial charge < -0.3 is 0 Å². The molecule has 0 fully saturated rings. The van der Waals surface area contributed by atoms with Crippen molar-refractivity contribution in [2.45, 2.75) is 20.3 Å². The highest BCUT2D eigenvalue weighted by molar-refractivity contribution is 7.09. The van der Waals surface area contributed by atoms with Gasteiger partial charge in [0.1, 0.15) is 0 Å². The van der Waals surface area contributed by atoms with Crippen molar-refractivity contribution in [3.05, 3.63) is 38.6 Å². The summed E-state index contributed by atoms with van der Waals surface area (Å²) >= 11 is 7.51. The quantitative estimate of drug-likeness (QED) is 0.809. The zero-order valence-electron chi connectivity index (χ0n) is 8.49. The van der Waals surface area contributed by atoms with Crippen molar-refractivity contribution in [3.63, 3.8) is 0 Å². The van der Waals surface area contributed by atoms with Crippen LogP contribution in [0.5, 0.6) is 0 Å². The van der Waals surface area contributed by atoms with Crippen LogP contribution in [0.2, 0.25) is 5.15 Å². The van der Waals surface area contributed by atoms with Crippen LogP contribution >= 0.6 is 22.9 Å². The zero-order chi connectivity index (χ0) is 10.8. The van der Waals surface area contributed by atoms with Crippen LogP contribution in [0, 0.1) is 13.8 Å². The maximum absolute atomic E-state index is 5.88. The van der Waals surface area contributed by atoms with Crippen LogP contribution in [0.25, 0.3) is 0 Å². The van der Waals surface area contributed by atoms with Crippen molar-refractivity contribution in [1.82, 2.24) is 15.2 Å². The SMILES string of the molecule is Cc1c(Cl)nnc(Cc2nccs2)c1C. The highest BCUT2D eigenvalue weighted by atomic mass is 35.5. The van der Waals surface area contributed by atoms with Gasteiger partial charge in [-0.3, -0.25) is 0 Å². The van der Waals surface area contributed by atoms with Gasteiger partial charge in [0.25, 0.3) is 0 Å². The summed E-state index contributed by atoms with van der Waals surface area (Å²) in [7, 11) is 0. The van der Waals surface area contributed by atoms with Crippen molar-refractivity contribution >= 4 is 22.9 Å². The third-order valence-corrected chi connectivity index (χ3v) is 3.50. The third-order valence-electron chi connectivity index (χ3n) is 2.37. The summed E-state index contributed by atoms with van der Waals surface area (Å²) < 4.78 is 0. The molecule has 0 saturated carbocycles. The molecule has 0 spiro atoms. The summed E-state index contributed by atoms with van der Waals surface area (Å²) in [4.78, 5) is 4.22. The van der Waals surface area contributed by atoms with Crippen LogP contribution < -0.4 is 0 Å². The summed E-state index contributed by atoms with van der Waals surface area (Å²) in [5, 5.41) is 11.5. The number of hydrogen-bond donors (Lipinski definition) is 0. The first-order valence-electron chi connectivity index (χ1n) is 4.55. The van der Waals surface area contributed by atoms with E-state index in [-0.39, 0.29) is 0 Å². The van der Waals surface area contributed by atoms with E-state index in [2.05, 4.69) is 15.2 Å². The summed E-state index contributed by atoms with van der Waals surface area (Å²) in [6.45, 7) is 3.97. The summed E-state index contributed by atoms with van der Waals surface area (Å²) in [5.74, 6) is 0. The second-order valence-corrected chi connectivity index (χ2v) is 4.63. The van der Waals surface area contributed by atoms with Gasteiger partial charge in [-0.05, 0) is 25.0 Å². The monoisotopic (exact) mass is 239 g/mol. The topological polar surface area (TPSA) is 38.7 Å². The molecule has 0 amide bonds. The molecule has 0 N–H and O–H groups in total. The molecule has 2 heterocycles. The van der Waals surface area contributed by atoms with E-state index in [1.807, 2.05) is 19.2 Å². The van der Waals surface area contributed by atoms with Crippen LogP contribution in [-0.2, 0) is 6.42 Å². The van der Waals surface area contributed by atoms with E-state index >= 15 is 0 Å². The van der Waals surface area contributed by atoms with E-state index < -0.39 is 0 Å². The number of halogens is 1. The molecular weight excluding hydrogens is 230 g/mol.